The Balaban J connectivity index is 2.30. The minimum atomic E-state index is 0.216. The van der Waals surface area contributed by atoms with Crippen LogP contribution in [0.5, 0.6) is 0 Å². The molecular formula is C10H6N2SSe. The Hall–Kier alpha value is -1.14. The van der Waals surface area contributed by atoms with Gasteiger partial charge in [-0.15, -0.1) is 0 Å². The maximum atomic E-state index is 8.85. The zero-order chi connectivity index (χ0) is 9.80. The van der Waals surface area contributed by atoms with E-state index in [0.717, 1.165) is 4.46 Å². The van der Waals surface area contributed by atoms with Gasteiger partial charge in [0.15, 0.2) is 0 Å². The zero-order valence-corrected chi connectivity index (χ0v) is 9.70. The Labute approximate surface area is 92.4 Å². The first kappa shape index (κ1) is 9.42. The van der Waals surface area contributed by atoms with Gasteiger partial charge in [0, 0.05) is 0 Å². The van der Waals surface area contributed by atoms with E-state index in [-0.39, 0.29) is 15.0 Å². The monoisotopic (exact) mass is 266 g/mol. The molecule has 0 radical (unpaired) electrons. The van der Waals surface area contributed by atoms with Crippen LogP contribution in [0.3, 0.4) is 0 Å². The number of rotatable bonds is 2. The second-order valence-corrected chi connectivity index (χ2v) is 6.30. The normalized spacial score (nSPS) is 9.64. The number of hydrogen-bond donors (Lipinski definition) is 0. The fourth-order valence-electron chi connectivity index (χ4n) is 0.987. The molecule has 0 saturated heterocycles. The summed E-state index contributed by atoms with van der Waals surface area (Å²) in [7, 11) is 0. The number of nitrogens with zero attached hydrogens (tertiary/aromatic N) is 2. The molecule has 4 heteroatoms. The molecule has 2 nitrogen and oxygen atoms in total. The van der Waals surface area contributed by atoms with Gasteiger partial charge in [0.05, 0.1) is 0 Å². The van der Waals surface area contributed by atoms with E-state index in [9.17, 15) is 0 Å². The molecule has 0 amide bonds. The SMILES string of the molecule is N#Cc1ncccc1[Se]c1cccs1. The van der Waals surface area contributed by atoms with Gasteiger partial charge in [0.1, 0.15) is 0 Å². The molecular weight excluding hydrogens is 259 g/mol. The third kappa shape index (κ3) is 2.02. The van der Waals surface area contributed by atoms with Crippen LogP contribution in [0.1, 0.15) is 5.69 Å². The third-order valence-electron chi connectivity index (χ3n) is 1.58. The number of nitriles is 1. The standard InChI is InChI=1S/C10H6N2SSe/c11-7-8-9(3-1-5-12-8)14-10-4-2-6-13-10/h1-6H. The van der Waals surface area contributed by atoms with Crippen molar-refractivity contribution in [1.29, 1.82) is 5.26 Å². The van der Waals surface area contributed by atoms with Crippen LogP contribution in [0.4, 0.5) is 0 Å². The predicted octanol–water partition coefficient (Wildman–Crippen LogP) is 0.670. The van der Waals surface area contributed by atoms with Crippen molar-refractivity contribution in [3.8, 4) is 6.07 Å². The van der Waals surface area contributed by atoms with Crippen molar-refractivity contribution < 1.29 is 0 Å². The van der Waals surface area contributed by atoms with E-state index in [1.807, 2.05) is 18.2 Å². The summed E-state index contributed by atoms with van der Waals surface area (Å²) in [4.78, 5) is 4.04. The Kier molecular flexibility index (Phi) is 2.95. The van der Waals surface area contributed by atoms with Crippen molar-refractivity contribution in [2.75, 3.05) is 0 Å². The van der Waals surface area contributed by atoms with Crippen LogP contribution in [0.2, 0.25) is 0 Å². The Bertz CT molecular complexity index is 459. The molecule has 0 spiro atoms. The molecule has 0 bridgehead atoms. The average Bonchev–Trinajstić information content (AvgIpc) is 2.71. The maximum absolute atomic E-state index is 8.85. The molecule has 0 atom stereocenters. The van der Waals surface area contributed by atoms with Gasteiger partial charge in [0.2, 0.25) is 0 Å². The van der Waals surface area contributed by atoms with Gasteiger partial charge >= 0.3 is 92.4 Å². The van der Waals surface area contributed by atoms with Gasteiger partial charge in [-0.25, -0.2) is 0 Å². The molecule has 68 valence electrons. The first-order valence-corrected chi connectivity index (χ1v) is 6.56. The molecule has 0 aromatic carbocycles. The number of pyridine rings is 1. The number of aromatic nitrogens is 1. The third-order valence-corrected chi connectivity index (χ3v) is 5.14. The van der Waals surface area contributed by atoms with Crippen LogP contribution < -0.4 is 8.24 Å². The van der Waals surface area contributed by atoms with Gasteiger partial charge in [-0.3, -0.25) is 0 Å². The fraction of sp³-hybridized carbons (Fsp3) is 0. The average molecular weight is 265 g/mol. The second kappa shape index (κ2) is 4.38. The topological polar surface area (TPSA) is 36.7 Å². The predicted molar refractivity (Wildman–Crippen MR) is 58.3 cm³/mol. The van der Waals surface area contributed by atoms with Crippen molar-refractivity contribution in [1.82, 2.24) is 4.98 Å². The molecule has 0 unspecified atom stereocenters. The van der Waals surface area contributed by atoms with Gasteiger partial charge in [0.25, 0.3) is 0 Å². The molecule has 14 heavy (non-hydrogen) atoms. The van der Waals surface area contributed by atoms with E-state index in [0.29, 0.717) is 5.69 Å². The van der Waals surface area contributed by atoms with Crippen molar-refractivity contribution in [3.05, 3.63) is 41.5 Å². The van der Waals surface area contributed by atoms with Gasteiger partial charge in [-0.2, -0.15) is 0 Å². The Morgan fingerprint density at radius 1 is 1.36 bits per heavy atom. The molecule has 0 aliphatic heterocycles. The summed E-state index contributed by atoms with van der Waals surface area (Å²) >= 11 is 1.94. The summed E-state index contributed by atoms with van der Waals surface area (Å²) in [6, 6.07) is 10.1. The van der Waals surface area contributed by atoms with E-state index in [1.54, 1.807) is 17.5 Å². The summed E-state index contributed by atoms with van der Waals surface area (Å²) in [6.45, 7) is 0. The second-order valence-electron chi connectivity index (χ2n) is 2.50. The van der Waals surface area contributed by atoms with Gasteiger partial charge in [-0.1, -0.05) is 0 Å². The van der Waals surface area contributed by atoms with E-state index in [4.69, 9.17) is 5.26 Å². The van der Waals surface area contributed by atoms with Crippen molar-refractivity contribution in [3.63, 3.8) is 0 Å². The van der Waals surface area contributed by atoms with Crippen molar-refractivity contribution in [2.45, 2.75) is 0 Å². The zero-order valence-electron chi connectivity index (χ0n) is 7.18. The molecule has 2 aromatic heterocycles. The summed E-state index contributed by atoms with van der Waals surface area (Å²) < 4.78 is 2.38. The molecule has 2 rings (SSSR count). The molecule has 0 saturated carbocycles. The van der Waals surface area contributed by atoms with Crippen molar-refractivity contribution >= 4 is 34.5 Å². The van der Waals surface area contributed by atoms with Crippen molar-refractivity contribution in [2.24, 2.45) is 0 Å². The summed E-state index contributed by atoms with van der Waals surface area (Å²) in [5.74, 6) is 0. The van der Waals surface area contributed by atoms with Crippen LogP contribution >= 0.6 is 11.3 Å². The Morgan fingerprint density at radius 2 is 2.29 bits per heavy atom. The molecule has 0 aliphatic rings. The molecule has 2 aromatic rings. The summed E-state index contributed by atoms with van der Waals surface area (Å²) in [6.07, 6.45) is 1.66. The van der Waals surface area contributed by atoms with E-state index >= 15 is 0 Å². The summed E-state index contributed by atoms with van der Waals surface area (Å²) in [5.41, 5.74) is 0.556. The number of hydrogen-bond acceptors (Lipinski definition) is 3. The van der Waals surface area contributed by atoms with Gasteiger partial charge in [-0.05, 0) is 0 Å². The first-order valence-electron chi connectivity index (χ1n) is 3.96. The first-order chi connectivity index (χ1) is 6.90. The van der Waals surface area contributed by atoms with Crippen LogP contribution in [0.15, 0.2) is 35.8 Å². The van der Waals surface area contributed by atoms with E-state index < -0.39 is 0 Å². The molecule has 0 aliphatic carbocycles. The molecule has 0 N–H and O–H groups in total. The van der Waals surface area contributed by atoms with Crippen LogP contribution in [-0.2, 0) is 0 Å². The summed E-state index contributed by atoms with van der Waals surface area (Å²) in [5, 5.41) is 10.9. The van der Waals surface area contributed by atoms with E-state index in [1.165, 1.54) is 3.78 Å². The molecule has 0 fully saturated rings. The fourth-order valence-corrected chi connectivity index (χ4v) is 4.08. The van der Waals surface area contributed by atoms with Crippen LogP contribution in [-0.4, -0.2) is 19.9 Å². The minimum absolute atomic E-state index is 0.216. The van der Waals surface area contributed by atoms with E-state index in [2.05, 4.69) is 22.5 Å². The quantitative estimate of drug-likeness (QED) is 0.748. The molecule has 2 heterocycles. The number of thiophene rings is 1. The van der Waals surface area contributed by atoms with Crippen LogP contribution in [0.25, 0.3) is 0 Å². The van der Waals surface area contributed by atoms with Crippen LogP contribution in [0, 0.1) is 11.3 Å². The van der Waals surface area contributed by atoms with Gasteiger partial charge < -0.3 is 0 Å². The Morgan fingerprint density at radius 3 is 3.00 bits per heavy atom.